The summed E-state index contributed by atoms with van der Waals surface area (Å²) in [6.07, 6.45) is 5.27. The zero-order valence-corrected chi connectivity index (χ0v) is 11.5. The van der Waals surface area contributed by atoms with Gasteiger partial charge >= 0.3 is 0 Å². The maximum absolute atomic E-state index is 4.42. The van der Waals surface area contributed by atoms with Crippen LogP contribution in [0.3, 0.4) is 0 Å². The maximum atomic E-state index is 4.42. The van der Waals surface area contributed by atoms with Crippen LogP contribution < -0.4 is 10.2 Å². The standard InChI is InChI=1S/C14H24N4/c1-3-13-8-14(17-11-16-13)18-7-5-6-12(10-18)9-15-4-2/h8,11-12,15H,3-7,9-10H2,1-2H3. The first kappa shape index (κ1) is 13.3. The number of hydrogen-bond acceptors (Lipinski definition) is 4. The van der Waals surface area contributed by atoms with Gasteiger partial charge in [-0.05, 0) is 38.3 Å². The Labute approximate surface area is 110 Å². The Hall–Kier alpha value is -1.16. The third kappa shape index (κ3) is 3.42. The molecule has 1 aliphatic rings. The summed E-state index contributed by atoms with van der Waals surface area (Å²) >= 11 is 0. The van der Waals surface area contributed by atoms with E-state index in [2.05, 4.69) is 40.1 Å². The molecule has 1 aromatic heterocycles. The number of piperidine rings is 1. The number of nitrogens with one attached hydrogen (secondary N) is 1. The van der Waals surface area contributed by atoms with Crippen LogP contribution in [-0.2, 0) is 6.42 Å². The maximum Gasteiger partial charge on any atom is 0.132 e. The zero-order valence-electron chi connectivity index (χ0n) is 11.5. The van der Waals surface area contributed by atoms with Gasteiger partial charge in [0.25, 0.3) is 0 Å². The van der Waals surface area contributed by atoms with Gasteiger partial charge in [-0.1, -0.05) is 13.8 Å². The molecule has 2 heterocycles. The molecule has 0 bridgehead atoms. The zero-order chi connectivity index (χ0) is 12.8. The molecule has 4 heteroatoms. The van der Waals surface area contributed by atoms with Gasteiger partial charge in [-0.15, -0.1) is 0 Å². The summed E-state index contributed by atoms with van der Waals surface area (Å²) in [6.45, 7) is 8.73. The minimum Gasteiger partial charge on any atom is -0.356 e. The molecule has 1 aromatic rings. The van der Waals surface area contributed by atoms with E-state index < -0.39 is 0 Å². The smallest absolute Gasteiger partial charge is 0.132 e. The Kier molecular flexibility index (Phi) is 4.93. The van der Waals surface area contributed by atoms with Crippen molar-refractivity contribution in [3.05, 3.63) is 18.1 Å². The number of anilines is 1. The van der Waals surface area contributed by atoms with Gasteiger partial charge in [-0.2, -0.15) is 0 Å². The molecule has 1 saturated heterocycles. The third-order valence-corrected chi connectivity index (χ3v) is 3.60. The lowest BCUT2D eigenvalue weighted by Crippen LogP contribution is -2.40. The van der Waals surface area contributed by atoms with Crippen LogP contribution in [0.4, 0.5) is 5.82 Å². The lowest BCUT2D eigenvalue weighted by molar-refractivity contribution is 0.394. The molecule has 4 nitrogen and oxygen atoms in total. The Balaban J connectivity index is 1.98. The Morgan fingerprint density at radius 2 is 2.28 bits per heavy atom. The molecule has 0 amide bonds. The van der Waals surface area contributed by atoms with Crippen molar-refractivity contribution in [1.82, 2.24) is 15.3 Å². The largest absolute Gasteiger partial charge is 0.356 e. The highest BCUT2D eigenvalue weighted by Gasteiger charge is 2.20. The molecule has 0 radical (unpaired) electrons. The average molecular weight is 248 g/mol. The fourth-order valence-corrected chi connectivity index (χ4v) is 2.54. The van der Waals surface area contributed by atoms with E-state index in [1.165, 1.54) is 12.8 Å². The second kappa shape index (κ2) is 6.69. The Morgan fingerprint density at radius 3 is 3.06 bits per heavy atom. The quantitative estimate of drug-likeness (QED) is 0.863. The van der Waals surface area contributed by atoms with Crippen molar-refractivity contribution < 1.29 is 0 Å². The number of rotatable bonds is 5. The molecular weight excluding hydrogens is 224 g/mol. The van der Waals surface area contributed by atoms with Crippen molar-refractivity contribution in [2.45, 2.75) is 33.1 Å². The highest BCUT2D eigenvalue weighted by molar-refractivity contribution is 5.39. The van der Waals surface area contributed by atoms with Crippen molar-refractivity contribution in [3.8, 4) is 0 Å². The summed E-state index contributed by atoms with van der Waals surface area (Å²) < 4.78 is 0. The van der Waals surface area contributed by atoms with Crippen molar-refractivity contribution >= 4 is 5.82 Å². The second-order valence-electron chi connectivity index (χ2n) is 4.98. The topological polar surface area (TPSA) is 41.0 Å². The summed E-state index contributed by atoms with van der Waals surface area (Å²) in [5.74, 6) is 1.85. The van der Waals surface area contributed by atoms with E-state index in [0.29, 0.717) is 0 Å². The van der Waals surface area contributed by atoms with Gasteiger partial charge in [-0.25, -0.2) is 9.97 Å². The van der Waals surface area contributed by atoms with Crippen LogP contribution in [0.1, 0.15) is 32.4 Å². The van der Waals surface area contributed by atoms with Crippen LogP contribution in [0, 0.1) is 5.92 Å². The SMILES string of the molecule is CCNCC1CCCN(c2cc(CC)ncn2)C1. The molecule has 1 N–H and O–H groups in total. The molecule has 0 saturated carbocycles. The molecule has 1 fully saturated rings. The molecule has 0 spiro atoms. The first-order valence-corrected chi connectivity index (χ1v) is 7.10. The van der Waals surface area contributed by atoms with E-state index in [0.717, 1.165) is 50.0 Å². The van der Waals surface area contributed by atoms with Gasteiger partial charge in [0.15, 0.2) is 0 Å². The molecule has 2 rings (SSSR count). The summed E-state index contributed by atoms with van der Waals surface area (Å²) in [4.78, 5) is 11.1. The van der Waals surface area contributed by atoms with Gasteiger partial charge < -0.3 is 10.2 Å². The fraction of sp³-hybridized carbons (Fsp3) is 0.714. The van der Waals surface area contributed by atoms with Crippen molar-refractivity contribution in [2.24, 2.45) is 5.92 Å². The normalized spacial score (nSPS) is 20.1. The van der Waals surface area contributed by atoms with E-state index >= 15 is 0 Å². The summed E-state index contributed by atoms with van der Waals surface area (Å²) in [6, 6.07) is 2.13. The molecule has 0 aromatic carbocycles. The summed E-state index contributed by atoms with van der Waals surface area (Å²) in [5.41, 5.74) is 1.13. The van der Waals surface area contributed by atoms with Gasteiger partial charge in [0.05, 0.1) is 0 Å². The summed E-state index contributed by atoms with van der Waals surface area (Å²) in [5, 5.41) is 3.45. The van der Waals surface area contributed by atoms with Crippen molar-refractivity contribution in [3.63, 3.8) is 0 Å². The van der Waals surface area contributed by atoms with E-state index in [9.17, 15) is 0 Å². The molecule has 1 aliphatic heterocycles. The monoisotopic (exact) mass is 248 g/mol. The van der Waals surface area contributed by atoms with Gasteiger partial charge in [0, 0.05) is 24.8 Å². The van der Waals surface area contributed by atoms with Crippen LogP contribution in [0.15, 0.2) is 12.4 Å². The molecular formula is C14H24N4. The lowest BCUT2D eigenvalue weighted by atomic mass is 9.98. The van der Waals surface area contributed by atoms with Gasteiger partial charge in [0.1, 0.15) is 12.1 Å². The number of aryl methyl sites for hydroxylation is 1. The van der Waals surface area contributed by atoms with Crippen molar-refractivity contribution in [1.29, 1.82) is 0 Å². The third-order valence-electron chi connectivity index (χ3n) is 3.60. The van der Waals surface area contributed by atoms with Crippen LogP contribution in [0.2, 0.25) is 0 Å². The van der Waals surface area contributed by atoms with Gasteiger partial charge in [0.2, 0.25) is 0 Å². The minimum atomic E-state index is 0.749. The van der Waals surface area contributed by atoms with E-state index in [1.54, 1.807) is 6.33 Å². The van der Waals surface area contributed by atoms with Crippen LogP contribution in [-0.4, -0.2) is 36.1 Å². The molecule has 0 aliphatic carbocycles. The predicted octanol–water partition coefficient (Wildman–Crippen LogP) is 1.86. The highest BCUT2D eigenvalue weighted by Crippen LogP contribution is 2.21. The van der Waals surface area contributed by atoms with Crippen LogP contribution >= 0.6 is 0 Å². The summed E-state index contributed by atoms with van der Waals surface area (Å²) in [7, 11) is 0. The lowest BCUT2D eigenvalue weighted by Gasteiger charge is -2.33. The number of nitrogens with zero attached hydrogens (tertiary/aromatic N) is 3. The Morgan fingerprint density at radius 1 is 1.39 bits per heavy atom. The van der Waals surface area contributed by atoms with Gasteiger partial charge in [-0.3, -0.25) is 0 Å². The molecule has 100 valence electrons. The number of hydrogen-bond donors (Lipinski definition) is 1. The van der Waals surface area contributed by atoms with E-state index in [1.807, 2.05) is 0 Å². The molecule has 18 heavy (non-hydrogen) atoms. The predicted molar refractivity (Wildman–Crippen MR) is 74.9 cm³/mol. The average Bonchev–Trinajstić information content (AvgIpc) is 2.45. The van der Waals surface area contributed by atoms with E-state index in [4.69, 9.17) is 0 Å². The Bertz CT molecular complexity index is 367. The molecule has 1 unspecified atom stereocenters. The van der Waals surface area contributed by atoms with Crippen LogP contribution in [0.5, 0.6) is 0 Å². The minimum absolute atomic E-state index is 0.749. The van der Waals surface area contributed by atoms with Crippen LogP contribution in [0.25, 0.3) is 0 Å². The fourth-order valence-electron chi connectivity index (χ4n) is 2.54. The highest BCUT2D eigenvalue weighted by atomic mass is 15.2. The molecule has 1 atom stereocenters. The number of aromatic nitrogens is 2. The van der Waals surface area contributed by atoms with Crippen molar-refractivity contribution in [2.75, 3.05) is 31.1 Å². The van der Waals surface area contributed by atoms with E-state index in [-0.39, 0.29) is 0 Å². The second-order valence-corrected chi connectivity index (χ2v) is 4.98. The first-order valence-electron chi connectivity index (χ1n) is 7.10. The first-order chi connectivity index (χ1) is 8.83.